The van der Waals surface area contributed by atoms with Gasteiger partial charge in [-0.3, -0.25) is 4.68 Å². The van der Waals surface area contributed by atoms with Crippen LogP contribution in [0.3, 0.4) is 0 Å². The maximum atomic E-state index is 6.22. The molecule has 1 unspecified atom stereocenters. The highest BCUT2D eigenvalue weighted by Crippen LogP contribution is 2.33. The second-order valence-electron chi connectivity index (χ2n) is 4.87. The van der Waals surface area contributed by atoms with Crippen molar-refractivity contribution in [2.24, 2.45) is 12.8 Å². The van der Waals surface area contributed by atoms with E-state index in [0.29, 0.717) is 28.8 Å². The first kappa shape index (κ1) is 15.2. The van der Waals surface area contributed by atoms with Crippen LogP contribution in [0.4, 0.5) is 0 Å². The standard InChI is InChI=1S/C14H17Cl2N3O/c1-9(17)3-11-4-12(15)5-13(16)14(11)20-8-10-6-18-19(2)7-10/h4-7,9H,3,8,17H2,1-2H3. The van der Waals surface area contributed by atoms with Crippen molar-refractivity contribution in [3.8, 4) is 5.75 Å². The summed E-state index contributed by atoms with van der Waals surface area (Å²) in [5.41, 5.74) is 7.74. The Bertz CT molecular complexity index is 596. The van der Waals surface area contributed by atoms with E-state index in [1.807, 2.05) is 26.2 Å². The molecule has 0 saturated heterocycles. The van der Waals surface area contributed by atoms with Gasteiger partial charge in [0, 0.05) is 29.9 Å². The summed E-state index contributed by atoms with van der Waals surface area (Å²) in [4.78, 5) is 0. The van der Waals surface area contributed by atoms with E-state index in [4.69, 9.17) is 33.7 Å². The van der Waals surface area contributed by atoms with Crippen LogP contribution in [0.2, 0.25) is 10.0 Å². The van der Waals surface area contributed by atoms with Crippen LogP contribution < -0.4 is 10.5 Å². The Hall–Kier alpha value is -1.23. The Morgan fingerprint density at radius 1 is 1.40 bits per heavy atom. The third kappa shape index (κ3) is 3.88. The van der Waals surface area contributed by atoms with Gasteiger partial charge in [0.1, 0.15) is 12.4 Å². The van der Waals surface area contributed by atoms with Crippen molar-refractivity contribution in [1.29, 1.82) is 0 Å². The summed E-state index contributed by atoms with van der Waals surface area (Å²) < 4.78 is 7.55. The molecule has 1 aromatic heterocycles. The van der Waals surface area contributed by atoms with E-state index in [-0.39, 0.29) is 6.04 Å². The van der Waals surface area contributed by atoms with Crippen LogP contribution in [0.15, 0.2) is 24.5 Å². The van der Waals surface area contributed by atoms with Crippen LogP contribution >= 0.6 is 23.2 Å². The number of halogens is 2. The molecule has 2 N–H and O–H groups in total. The first-order chi connectivity index (χ1) is 9.45. The molecule has 0 aliphatic rings. The average molecular weight is 314 g/mol. The number of nitrogens with zero attached hydrogens (tertiary/aromatic N) is 2. The van der Waals surface area contributed by atoms with Gasteiger partial charge in [0.25, 0.3) is 0 Å². The molecular weight excluding hydrogens is 297 g/mol. The topological polar surface area (TPSA) is 53.1 Å². The predicted octanol–water partition coefficient (Wildman–Crippen LogP) is 3.20. The molecule has 0 radical (unpaired) electrons. The third-order valence-corrected chi connectivity index (χ3v) is 3.27. The van der Waals surface area contributed by atoms with Gasteiger partial charge in [0.2, 0.25) is 0 Å². The van der Waals surface area contributed by atoms with Crippen LogP contribution in [-0.4, -0.2) is 15.8 Å². The lowest BCUT2D eigenvalue weighted by atomic mass is 10.1. The first-order valence-electron chi connectivity index (χ1n) is 6.29. The molecule has 0 fully saturated rings. The van der Waals surface area contributed by atoms with Gasteiger partial charge < -0.3 is 10.5 Å². The maximum Gasteiger partial charge on any atom is 0.141 e. The van der Waals surface area contributed by atoms with Crippen LogP contribution in [-0.2, 0) is 20.1 Å². The molecule has 0 amide bonds. The molecule has 0 aliphatic carbocycles. The Morgan fingerprint density at radius 3 is 2.75 bits per heavy atom. The lowest BCUT2D eigenvalue weighted by Gasteiger charge is -2.15. The molecule has 1 heterocycles. The number of rotatable bonds is 5. The highest BCUT2D eigenvalue weighted by atomic mass is 35.5. The number of ether oxygens (including phenoxy) is 1. The van der Waals surface area contributed by atoms with Crippen LogP contribution in [0, 0.1) is 0 Å². The number of aromatic nitrogens is 2. The second-order valence-corrected chi connectivity index (χ2v) is 5.71. The minimum absolute atomic E-state index is 0.00488. The molecule has 0 aliphatic heterocycles. The molecule has 0 bridgehead atoms. The Kier molecular flexibility index (Phi) is 4.91. The van der Waals surface area contributed by atoms with Crippen molar-refractivity contribution in [1.82, 2.24) is 9.78 Å². The monoisotopic (exact) mass is 313 g/mol. The molecule has 1 atom stereocenters. The fourth-order valence-corrected chi connectivity index (χ4v) is 2.57. The van der Waals surface area contributed by atoms with Crippen molar-refractivity contribution in [2.75, 3.05) is 0 Å². The number of aryl methyl sites for hydroxylation is 1. The Labute approximate surface area is 128 Å². The van der Waals surface area contributed by atoms with Gasteiger partial charge in [0.15, 0.2) is 0 Å². The molecule has 0 spiro atoms. The molecular formula is C14H17Cl2N3O. The molecule has 2 rings (SSSR count). The first-order valence-corrected chi connectivity index (χ1v) is 7.05. The van der Waals surface area contributed by atoms with Crippen molar-refractivity contribution < 1.29 is 4.74 Å². The van der Waals surface area contributed by atoms with E-state index >= 15 is 0 Å². The van der Waals surface area contributed by atoms with Gasteiger partial charge in [-0.25, -0.2) is 0 Å². The van der Waals surface area contributed by atoms with E-state index < -0.39 is 0 Å². The Morgan fingerprint density at radius 2 is 2.15 bits per heavy atom. The summed E-state index contributed by atoms with van der Waals surface area (Å²) in [6, 6.07) is 3.52. The molecule has 6 heteroatoms. The summed E-state index contributed by atoms with van der Waals surface area (Å²) >= 11 is 12.3. The smallest absolute Gasteiger partial charge is 0.141 e. The average Bonchev–Trinajstić information content (AvgIpc) is 2.73. The van der Waals surface area contributed by atoms with E-state index in [9.17, 15) is 0 Å². The minimum Gasteiger partial charge on any atom is -0.487 e. The fraction of sp³-hybridized carbons (Fsp3) is 0.357. The number of benzene rings is 1. The fourth-order valence-electron chi connectivity index (χ4n) is 1.98. The Balaban J connectivity index is 2.20. The summed E-state index contributed by atoms with van der Waals surface area (Å²) in [7, 11) is 1.86. The van der Waals surface area contributed by atoms with Crippen molar-refractivity contribution in [3.05, 3.63) is 45.7 Å². The number of hydrogen-bond donors (Lipinski definition) is 1. The van der Waals surface area contributed by atoms with Gasteiger partial charge in [0.05, 0.1) is 11.2 Å². The van der Waals surface area contributed by atoms with E-state index in [0.717, 1.165) is 11.1 Å². The normalized spacial score (nSPS) is 12.4. The molecule has 0 saturated carbocycles. The van der Waals surface area contributed by atoms with E-state index in [1.165, 1.54) is 0 Å². The largest absolute Gasteiger partial charge is 0.487 e. The summed E-state index contributed by atoms with van der Waals surface area (Å²) in [6.45, 7) is 2.33. The number of hydrogen-bond acceptors (Lipinski definition) is 3. The van der Waals surface area contributed by atoms with E-state index in [1.54, 1.807) is 16.9 Å². The van der Waals surface area contributed by atoms with Crippen molar-refractivity contribution >= 4 is 23.2 Å². The summed E-state index contributed by atoms with van der Waals surface area (Å²) in [6.07, 6.45) is 4.31. The van der Waals surface area contributed by atoms with Gasteiger partial charge in [-0.1, -0.05) is 23.2 Å². The zero-order chi connectivity index (χ0) is 14.7. The second kappa shape index (κ2) is 6.48. The lowest BCUT2D eigenvalue weighted by molar-refractivity contribution is 0.302. The minimum atomic E-state index is 0.00488. The summed E-state index contributed by atoms with van der Waals surface area (Å²) in [5.74, 6) is 0.636. The quantitative estimate of drug-likeness (QED) is 0.922. The van der Waals surface area contributed by atoms with Crippen molar-refractivity contribution in [2.45, 2.75) is 26.0 Å². The van der Waals surface area contributed by atoms with Crippen LogP contribution in [0.5, 0.6) is 5.75 Å². The highest BCUT2D eigenvalue weighted by molar-refractivity contribution is 6.35. The zero-order valence-corrected chi connectivity index (χ0v) is 12.9. The third-order valence-electron chi connectivity index (χ3n) is 2.77. The van der Waals surface area contributed by atoms with Gasteiger partial charge >= 0.3 is 0 Å². The molecule has 20 heavy (non-hydrogen) atoms. The molecule has 1 aromatic carbocycles. The van der Waals surface area contributed by atoms with Crippen LogP contribution in [0.1, 0.15) is 18.1 Å². The van der Waals surface area contributed by atoms with E-state index in [2.05, 4.69) is 5.10 Å². The number of nitrogens with two attached hydrogens (primary N) is 1. The summed E-state index contributed by atoms with van der Waals surface area (Å²) in [5, 5.41) is 5.18. The molecule has 4 nitrogen and oxygen atoms in total. The van der Waals surface area contributed by atoms with Crippen LogP contribution in [0.25, 0.3) is 0 Å². The van der Waals surface area contributed by atoms with Gasteiger partial charge in [-0.2, -0.15) is 5.10 Å². The van der Waals surface area contributed by atoms with Gasteiger partial charge in [-0.05, 0) is 31.0 Å². The molecule has 108 valence electrons. The maximum absolute atomic E-state index is 6.22. The van der Waals surface area contributed by atoms with Crippen molar-refractivity contribution in [3.63, 3.8) is 0 Å². The molecule has 2 aromatic rings. The SMILES string of the molecule is CC(N)Cc1cc(Cl)cc(Cl)c1OCc1cnn(C)c1. The van der Waals surface area contributed by atoms with Gasteiger partial charge in [-0.15, -0.1) is 0 Å². The highest BCUT2D eigenvalue weighted by Gasteiger charge is 2.13. The lowest BCUT2D eigenvalue weighted by Crippen LogP contribution is -2.18. The predicted molar refractivity (Wildman–Crippen MR) is 81.4 cm³/mol. The zero-order valence-electron chi connectivity index (χ0n) is 11.4.